The summed E-state index contributed by atoms with van der Waals surface area (Å²) in [6, 6.07) is 10.5. The lowest BCUT2D eigenvalue weighted by atomic mass is 9.63. The number of benzene rings is 1. The van der Waals surface area contributed by atoms with Crippen molar-refractivity contribution in [3.8, 4) is 11.1 Å². The Balaban J connectivity index is 1.88. The molecular formula is C20H23NO2. The first-order valence-corrected chi connectivity index (χ1v) is 8.71. The smallest absolute Gasteiger partial charge is 0.316 e. The van der Waals surface area contributed by atoms with E-state index >= 15 is 0 Å². The van der Waals surface area contributed by atoms with Gasteiger partial charge in [0.1, 0.15) is 0 Å². The third-order valence-corrected chi connectivity index (χ3v) is 5.45. The summed E-state index contributed by atoms with van der Waals surface area (Å²) in [5.41, 5.74) is 4.69. The monoisotopic (exact) mass is 309 g/mol. The number of hydrogen-bond acceptors (Lipinski definition) is 2. The molecule has 120 valence electrons. The van der Waals surface area contributed by atoms with Crippen molar-refractivity contribution < 1.29 is 9.53 Å². The van der Waals surface area contributed by atoms with Crippen molar-refractivity contribution in [2.75, 3.05) is 6.61 Å². The van der Waals surface area contributed by atoms with Crippen LogP contribution in [0.5, 0.6) is 0 Å². The average molecular weight is 309 g/mol. The van der Waals surface area contributed by atoms with E-state index in [-0.39, 0.29) is 5.97 Å². The molecule has 0 bridgehead atoms. The molecule has 0 saturated heterocycles. The number of carbonyl (C=O) groups excluding carboxylic acids is 1. The predicted octanol–water partition coefficient (Wildman–Crippen LogP) is 4.09. The summed E-state index contributed by atoms with van der Waals surface area (Å²) in [6.07, 6.45) is 7.46. The second-order valence-corrected chi connectivity index (χ2v) is 6.68. The minimum atomic E-state index is -0.418. The largest absolute Gasteiger partial charge is 0.465 e. The van der Waals surface area contributed by atoms with Gasteiger partial charge in [-0.2, -0.15) is 0 Å². The van der Waals surface area contributed by atoms with E-state index in [1.165, 1.54) is 28.8 Å². The molecule has 0 radical (unpaired) electrons. The molecule has 0 amide bonds. The quantitative estimate of drug-likeness (QED) is 0.797. The molecule has 0 spiro atoms. The number of rotatable bonds is 4. The molecule has 0 unspecified atom stereocenters. The molecule has 1 aliphatic heterocycles. The molecule has 1 saturated carbocycles. The number of ether oxygens (including phenoxy) is 1. The molecule has 0 atom stereocenters. The molecule has 0 N–H and O–H groups in total. The maximum absolute atomic E-state index is 12.7. The van der Waals surface area contributed by atoms with E-state index in [4.69, 9.17) is 4.74 Å². The Morgan fingerprint density at radius 2 is 2.00 bits per heavy atom. The number of aryl methyl sites for hydroxylation is 1. The zero-order valence-electron chi connectivity index (χ0n) is 13.7. The third kappa shape index (κ3) is 2.13. The van der Waals surface area contributed by atoms with E-state index < -0.39 is 5.41 Å². The number of aromatic nitrogens is 1. The van der Waals surface area contributed by atoms with Crippen LogP contribution in [-0.2, 0) is 27.9 Å². The van der Waals surface area contributed by atoms with E-state index in [1.54, 1.807) is 0 Å². The van der Waals surface area contributed by atoms with Crippen LogP contribution >= 0.6 is 0 Å². The van der Waals surface area contributed by atoms with Crippen molar-refractivity contribution in [3.63, 3.8) is 0 Å². The Morgan fingerprint density at radius 3 is 2.65 bits per heavy atom. The van der Waals surface area contributed by atoms with Gasteiger partial charge < -0.3 is 9.30 Å². The third-order valence-electron chi connectivity index (χ3n) is 5.45. The SMILES string of the molecule is CCOC(=O)C1(c2cn3c(c2-c2ccccc2)CCC3)CCC1. The van der Waals surface area contributed by atoms with Gasteiger partial charge in [-0.3, -0.25) is 4.79 Å². The summed E-state index contributed by atoms with van der Waals surface area (Å²) in [7, 11) is 0. The maximum Gasteiger partial charge on any atom is 0.316 e. The van der Waals surface area contributed by atoms with Gasteiger partial charge in [-0.05, 0) is 43.7 Å². The van der Waals surface area contributed by atoms with Crippen molar-refractivity contribution in [3.05, 3.63) is 47.8 Å². The van der Waals surface area contributed by atoms with Gasteiger partial charge in [0.15, 0.2) is 0 Å². The summed E-state index contributed by atoms with van der Waals surface area (Å²) in [5, 5.41) is 0. The van der Waals surface area contributed by atoms with Gasteiger partial charge in [-0.1, -0.05) is 36.8 Å². The molecule has 3 nitrogen and oxygen atoms in total. The highest BCUT2D eigenvalue weighted by Gasteiger charge is 2.49. The number of esters is 1. The van der Waals surface area contributed by atoms with Crippen molar-refractivity contribution in [2.24, 2.45) is 0 Å². The van der Waals surface area contributed by atoms with Crippen molar-refractivity contribution in [1.82, 2.24) is 4.57 Å². The topological polar surface area (TPSA) is 31.2 Å². The van der Waals surface area contributed by atoms with Crippen molar-refractivity contribution >= 4 is 5.97 Å². The van der Waals surface area contributed by atoms with Crippen LogP contribution in [0.2, 0.25) is 0 Å². The van der Waals surface area contributed by atoms with E-state index in [0.717, 1.165) is 32.2 Å². The number of nitrogens with zero attached hydrogens (tertiary/aromatic N) is 1. The summed E-state index contributed by atoms with van der Waals surface area (Å²) in [5.74, 6) is -0.0345. The highest BCUT2D eigenvalue weighted by molar-refractivity contribution is 5.89. The van der Waals surface area contributed by atoms with Crippen LogP contribution in [0.25, 0.3) is 11.1 Å². The molecule has 23 heavy (non-hydrogen) atoms. The van der Waals surface area contributed by atoms with Crippen LogP contribution in [0.15, 0.2) is 36.5 Å². The molecule has 3 heteroatoms. The summed E-state index contributed by atoms with van der Waals surface area (Å²) < 4.78 is 7.81. The van der Waals surface area contributed by atoms with Crippen LogP contribution in [-0.4, -0.2) is 17.1 Å². The van der Waals surface area contributed by atoms with E-state index in [1.807, 2.05) is 13.0 Å². The van der Waals surface area contributed by atoms with Gasteiger partial charge in [0.2, 0.25) is 0 Å². The van der Waals surface area contributed by atoms with Gasteiger partial charge in [-0.25, -0.2) is 0 Å². The van der Waals surface area contributed by atoms with E-state index in [2.05, 4.69) is 35.0 Å². The minimum Gasteiger partial charge on any atom is -0.465 e. The van der Waals surface area contributed by atoms with Gasteiger partial charge in [0.05, 0.1) is 12.0 Å². The van der Waals surface area contributed by atoms with Gasteiger partial charge in [0.25, 0.3) is 0 Å². The zero-order chi connectivity index (χ0) is 15.9. The standard InChI is InChI=1S/C20H23NO2/c1-2-23-19(22)20(11-7-12-20)16-14-21-13-6-10-17(21)18(16)15-8-4-3-5-9-15/h3-5,8-9,14H,2,6-7,10-13H2,1H3. The molecule has 2 aliphatic rings. The first-order chi connectivity index (χ1) is 11.3. The first-order valence-electron chi connectivity index (χ1n) is 8.71. The van der Waals surface area contributed by atoms with E-state index in [9.17, 15) is 4.79 Å². The number of carbonyl (C=O) groups is 1. The lowest BCUT2D eigenvalue weighted by Crippen LogP contribution is -2.43. The Bertz CT molecular complexity index is 726. The van der Waals surface area contributed by atoms with Gasteiger partial charge in [0, 0.05) is 24.0 Å². The molecular weight excluding hydrogens is 286 g/mol. The van der Waals surface area contributed by atoms with Crippen LogP contribution in [0.4, 0.5) is 0 Å². The second kappa shape index (κ2) is 5.55. The molecule has 4 rings (SSSR count). The Morgan fingerprint density at radius 1 is 1.22 bits per heavy atom. The van der Waals surface area contributed by atoms with E-state index in [0.29, 0.717) is 6.61 Å². The highest BCUT2D eigenvalue weighted by atomic mass is 16.5. The molecule has 2 heterocycles. The van der Waals surface area contributed by atoms with Crippen LogP contribution < -0.4 is 0 Å². The number of fused-ring (bicyclic) bond motifs is 1. The average Bonchev–Trinajstić information content (AvgIpc) is 3.08. The molecule has 2 aromatic rings. The fourth-order valence-electron chi connectivity index (χ4n) is 4.16. The fourth-order valence-corrected chi connectivity index (χ4v) is 4.16. The first kappa shape index (κ1) is 14.6. The Kier molecular flexibility index (Phi) is 3.51. The zero-order valence-corrected chi connectivity index (χ0v) is 13.7. The summed E-state index contributed by atoms with van der Waals surface area (Å²) >= 11 is 0. The molecule has 1 aromatic carbocycles. The second-order valence-electron chi connectivity index (χ2n) is 6.68. The molecule has 1 aliphatic carbocycles. The maximum atomic E-state index is 12.7. The lowest BCUT2D eigenvalue weighted by Gasteiger charge is -2.39. The van der Waals surface area contributed by atoms with Crippen molar-refractivity contribution in [2.45, 2.75) is 51.0 Å². The predicted molar refractivity (Wildman–Crippen MR) is 90.4 cm³/mol. The minimum absolute atomic E-state index is 0.0345. The Hall–Kier alpha value is -2.03. The van der Waals surface area contributed by atoms with Gasteiger partial charge in [-0.15, -0.1) is 0 Å². The highest BCUT2D eigenvalue weighted by Crippen LogP contribution is 2.50. The Labute approximate surface area is 137 Å². The number of hydrogen-bond donors (Lipinski definition) is 0. The lowest BCUT2D eigenvalue weighted by molar-refractivity contribution is -0.153. The van der Waals surface area contributed by atoms with Crippen molar-refractivity contribution in [1.29, 1.82) is 0 Å². The van der Waals surface area contributed by atoms with Crippen LogP contribution in [0, 0.1) is 0 Å². The molecule has 1 fully saturated rings. The summed E-state index contributed by atoms with van der Waals surface area (Å²) in [4.78, 5) is 12.7. The van der Waals surface area contributed by atoms with Crippen LogP contribution in [0.1, 0.15) is 43.9 Å². The fraction of sp³-hybridized carbons (Fsp3) is 0.450. The van der Waals surface area contributed by atoms with Crippen LogP contribution in [0.3, 0.4) is 0 Å². The summed E-state index contributed by atoms with van der Waals surface area (Å²) in [6.45, 7) is 3.41. The van der Waals surface area contributed by atoms with Gasteiger partial charge >= 0.3 is 5.97 Å². The molecule has 1 aromatic heterocycles. The normalized spacial score (nSPS) is 18.3.